The van der Waals surface area contributed by atoms with Crippen LogP contribution in [-0.4, -0.2) is 25.5 Å². The lowest BCUT2D eigenvalue weighted by molar-refractivity contribution is -0.384. The van der Waals surface area contributed by atoms with Gasteiger partial charge in [-0.25, -0.2) is 12.7 Å². The van der Waals surface area contributed by atoms with Crippen molar-refractivity contribution in [1.82, 2.24) is 0 Å². The van der Waals surface area contributed by atoms with Gasteiger partial charge in [0.2, 0.25) is 15.9 Å². The van der Waals surface area contributed by atoms with Gasteiger partial charge in [-0.1, -0.05) is 96.8 Å². The van der Waals surface area contributed by atoms with Crippen LogP contribution in [0.25, 0.3) is 0 Å². The zero-order valence-electron chi connectivity index (χ0n) is 20.5. The molecular weight excluding hydrogens is 440 g/mol. The molecular formula is C25H42N2O5S. The zero-order valence-corrected chi connectivity index (χ0v) is 21.3. The van der Waals surface area contributed by atoms with Gasteiger partial charge in [-0.2, -0.15) is 0 Å². The summed E-state index contributed by atoms with van der Waals surface area (Å²) in [7, 11) is -3.81. The van der Waals surface area contributed by atoms with Gasteiger partial charge in [0.05, 0.1) is 16.9 Å². The Balaban J connectivity index is 2.19. The van der Waals surface area contributed by atoms with Crippen LogP contribution in [0.5, 0.6) is 0 Å². The second-order valence-electron chi connectivity index (χ2n) is 8.89. The molecule has 0 radical (unpaired) electrons. The summed E-state index contributed by atoms with van der Waals surface area (Å²) < 4.78 is 25.0. The van der Waals surface area contributed by atoms with E-state index in [0.29, 0.717) is 6.42 Å². The van der Waals surface area contributed by atoms with Crippen LogP contribution in [-0.2, 0) is 14.8 Å². The summed E-state index contributed by atoms with van der Waals surface area (Å²) in [5, 5.41) is 10.8. The van der Waals surface area contributed by atoms with Gasteiger partial charge in [-0.3, -0.25) is 14.9 Å². The molecule has 0 atom stereocenters. The number of benzene rings is 1. The van der Waals surface area contributed by atoms with E-state index in [-0.39, 0.29) is 17.8 Å². The van der Waals surface area contributed by atoms with Crippen LogP contribution in [0.2, 0.25) is 0 Å². The summed E-state index contributed by atoms with van der Waals surface area (Å²) in [4.78, 5) is 22.8. The molecule has 1 aromatic rings. The largest absolute Gasteiger partial charge is 0.273 e. The Kier molecular flexibility index (Phi) is 14.6. The van der Waals surface area contributed by atoms with E-state index in [1.54, 1.807) is 0 Å². The van der Waals surface area contributed by atoms with Crippen LogP contribution in [0.4, 0.5) is 11.4 Å². The van der Waals surface area contributed by atoms with Crippen LogP contribution < -0.4 is 4.31 Å². The topological polar surface area (TPSA) is 97.6 Å². The van der Waals surface area contributed by atoms with Gasteiger partial charge in [-0.15, -0.1) is 0 Å². The number of hydrogen-bond donors (Lipinski definition) is 0. The lowest BCUT2D eigenvalue weighted by Gasteiger charge is -2.20. The Labute approximate surface area is 200 Å². The number of nitro benzene ring substituents is 1. The van der Waals surface area contributed by atoms with Crippen molar-refractivity contribution in [3.63, 3.8) is 0 Å². The number of nitrogens with zero attached hydrogens (tertiary/aromatic N) is 2. The third-order valence-electron chi connectivity index (χ3n) is 5.85. The summed E-state index contributed by atoms with van der Waals surface area (Å²) in [5.74, 6) is -0.499. The van der Waals surface area contributed by atoms with E-state index in [0.717, 1.165) is 29.8 Å². The first-order valence-electron chi connectivity index (χ1n) is 12.5. The predicted molar refractivity (Wildman–Crippen MR) is 135 cm³/mol. The molecule has 0 N–H and O–H groups in total. The van der Waals surface area contributed by atoms with Crippen LogP contribution in [0.1, 0.15) is 110 Å². The number of unbranched alkanes of at least 4 members (excludes halogenated alkanes) is 14. The fraction of sp³-hybridized carbons (Fsp3) is 0.720. The SMILES string of the molecule is CCCCCCCCCCCCCCCCCC(=O)N(c1ccc([N+](=O)[O-])cc1)S(C)(=O)=O. The van der Waals surface area contributed by atoms with Crippen molar-refractivity contribution < 1.29 is 18.1 Å². The minimum atomic E-state index is -3.81. The number of sulfonamides is 1. The van der Waals surface area contributed by atoms with Gasteiger partial charge in [0.1, 0.15) is 0 Å². The summed E-state index contributed by atoms with van der Waals surface area (Å²) in [6.45, 7) is 2.25. The predicted octanol–water partition coefficient (Wildman–Crippen LogP) is 7.15. The highest BCUT2D eigenvalue weighted by atomic mass is 32.2. The monoisotopic (exact) mass is 482 g/mol. The number of amides is 1. The zero-order chi connectivity index (χ0) is 24.5. The molecule has 1 aromatic carbocycles. The minimum absolute atomic E-state index is 0.133. The summed E-state index contributed by atoms with van der Waals surface area (Å²) >= 11 is 0. The smallest absolute Gasteiger partial charge is 0.269 e. The van der Waals surface area contributed by atoms with Crippen LogP contribution in [0, 0.1) is 10.1 Å². The molecule has 7 nitrogen and oxygen atoms in total. The fourth-order valence-corrected chi connectivity index (χ4v) is 4.95. The Morgan fingerprint density at radius 2 is 1.18 bits per heavy atom. The number of anilines is 1. The minimum Gasteiger partial charge on any atom is -0.273 e. The number of carbonyl (C=O) groups is 1. The molecule has 0 aliphatic rings. The molecule has 33 heavy (non-hydrogen) atoms. The Hall–Kier alpha value is -1.96. The van der Waals surface area contributed by atoms with Gasteiger partial charge in [0.25, 0.3) is 5.69 Å². The van der Waals surface area contributed by atoms with E-state index in [4.69, 9.17) is 0 Å². The summed E-state index contributed by atoms with van der Waals surface area (Å²) in [6, 6.07) is 5.00. The van der Waals surface area contributed by atoms with Crippen LogP contribution >= 0.6 is 0 Å². The molecule has 0 saturated carbocycles. The summed E-state index contributed by atoms with van der Waals surface area (Å²) in [6.07, 6.45) is 19.4. The first kappa shape index (κ1) is 29.1. The van der Waals surface area contributed by atoms with E-state index < -0.39 is 20.9 Å². The third-order valence-corrected chi connectivity index (χ3v) is 6.93. The van der Waals surface area contributed by atoms with Crippen molar-refractivity contribution in [3.05, 3.63) is 34.4 Å². The first-order valence-corrected chi connectivity index (χ1v) is 14.4. The van der Waals surface area contributed by atoms with Crippen LogP contribution in [0.15, 0.2) is 24.3 Å². The highest BCUT2D eigenvalue weighted by Gasteiger charge is 2.25. The molecule has 0 unspecified atom stereocenters. The molecule has 0 aliphatic carbocycles. The van der Waals surface area contributed by atoms with E-state index in [1.807, 2.05) is 0 Å². The van der Waals surface area contributed by atoms with Crippen molar-refractivity contribution in [2.45, 2.75) is 110 Å². The second-order valence-corrected chi connectivity index (χ2v) is 10.7. The normalized spacial score (nSPS) is 11.5. The van der Waals surface area contributed by atoms with Crippen LogP contribution in [0.3, 0.4) is 0 Å². The lowest BCUT2D eigenvalue weighted by atomic mass is 10.0. The van der Waals surface area contributed by atoms with Gasteiger partial charge in [-0.05, 0) is 18.6 Å². The molecule has 0 saturated heterocycles. The van der Waals surface area contributed by atoms with E-state index in [9.17, 15) is 23.3 Å². The number of rotatable bonds is 19. The molecule has 1 amide bonds. The Morgan fingerprint density at radius 1 is 0.788 bits per heavy atom. The standard InChI is InChI=1S/C25H42N2O5S/c1-3-4-5-6-7-8-9-10-11-12-13-14-15-16-17-18-25(28)26(33(2,31)32)23-19-21-24(22-20-23)27(29)30/h19-22H,3-18H2,1-2H3. The van der Waals surface area contributed by atoms with Crippen molar-refractivity contribution in [2.24, 2.45) is 0 Å². The van der Waals surface area contributed by atoms with Crippen molar-refractivity contribution in [1.29, 1.82) is 0 Å². The molecule has 1 rings (SSSR count). The van der Waals surface area contributed by atoms with Crippen molar-refractivity contribution in [3.8, 4) is 0 Å². The third kappa shape index (κ3) is 12.8. The molecule has 0 aromatic heterocycles. The van der Waals surface area contributed by atoms with E-state index >= 15 is 0 Å². The lowest BCUT2D eigenvalue weighted by Crippen LogP contribution is -2.36. The van der Waals surface area contributed by atoms with Crippen molar-refractivity contribution in [2.75, 3.05) is 10.6 Å². The molecule has 0 fully saturated rings. The molecule has 0 bridgehead atoms. The molecule has 0 spiro atoms. The van der Waals surface area contributed by atoms with Gasteiger partial charge in [0, 0.05) is 18.6 Å². The van der Waals surface area contributed by atoms with Gasteiger partial charge in [0.15, 0.2) is 0 Å². The number of non-ortho nitro benzene ring substituents is 1. The quantitative estimate of drug-likeness (QED) is 0.118. The molecule has 188 valence electrons. The maximum atomic E-state index is 12.6. The first-order chi connectivity index (χ1) is 15.8. The number of hydrogen-bond acceptors (Lipinski definition) is 5. The number of nitro groups is 1. The summed E-state index contributed by atoms with van der Waals surface area (Å²) in [5.41, 5.74) is -0.0175. The van der Waals surface area contributed by atoms with Gasteiger partial charge >= 0.3 is 0 Å². The van der Waals surface area contributed by atoms with Gasteiger partial charge < -0.3 is 0 Å². The second kappa shape index (κ2) is 16.6. The fourth-order valence-electron chi connectivity index (χ4n) is 3.98. The Bertz CT molecular complexity index is 794. The average molecular weight is 483 g/mol. The maximum absolute atomic E-state index is 12.6. The van der Waals surface area contributed by atoms with Crippen molar-refractivity contribution >= 4 is 27.3 Å². The Morgan fingerprint density at radius 3 is 1.55 bits per heavy atom. The molecule has 8 heteroatoms. The molecule has 0 aliphatic heterocycles. The maximum Gasteiger partial charge on any atom is 0.269 e. The van der Waals surface area contributed by atoms with E-state index in [1.165, 1.54) is 94.9 Å². The highest BCUT2D eigenvalue weighted by molar-refractivity contribution is 7.92. The highest BCUT2D eigenvalue weighted by Crippen LogP contribution is 2.23. The molecule has 0 heterocycles. The van der Waals surface area contributed by atoms with E-state index in [2.05, 4.69) is 6.92 Å². The number of carbonyl (C=O) groups excluding carboxylic acids is 1. The average Bonchev–Trinajstić information content (AvgIpc) is 2.76.